The van der Waals surface area contributed by atoms with Crippen LogP contribution in [-0.4, -0.2) is 97.9 Å². The second kappa shape index (κ2) is 22.4. The molecule has 0 saturated carbocycles. The lowest BCUT2D eigenvalue weighted by Gasteiger charge is -2.28. The molecule has 0 spiro atoms. The molecular formula is C51H60N4O10+2. The summed E-state index contributed by atoms with van der Waals surface area (Å²) in [4.78, 5) is 64.0. The molecule has 5 rings (SSSR count). The first-order valence-electron chi connectivity index (χ1n) is 21.5. The molecule has 3 aromatic carbocycles. The summed E-state index contributed by atoms with van der Waals surface area (Å²) in [5.41, 5.74) is 10.7. The third-order valence-electron chi connectivity index (χ3n) is 10.8. The van der Waals surface area contributed by atoms with Crippen molar-refractivity contribution >= 4 is 58.3 Å². The Morgan fingerprint density at radius 3 is 1.85 bits per heavy atom. The van der Waals surface area contributed by atoms with E-state index in [1.807, 2.05) is 100 Å². The number of amides is 2. The van der Waals surface area contributed by atoms with Gasteiger partial charge in [0, 0.05) is 46.6 Å². The number of carbonyl (C=O) groups excluding carboxylic acids is 5. The van der Waals surface area contributed by atoms with Crippen LogP contribution in [0.15, 0.2) is 114 Å². The zero-order valence-corrected chi connectivity index (χ0v) is 38.4. The van der Waals surface area contributed by atoms with Crippen LogP contribution in [0, 0.1) is 33.6 Å². The van der Waals surface area contributed by atoms with Crippen molar-refractivity contribution in [1.82, 2.24) is 10.6 Å². The minimum Gasteiger partial charge on any atom is -0.592 e. The van der Waals surface area contributed by atoms with Gasteiger partial charge in [-0.3, -0.25) is 4.79 Å². The number of esters is 2. The standard InChI is InChI=1S/C51H58N4O10/c1-31(2)48(58)62-24-20-52-50(60)64-26-22-54(42-18-10-33(5)28-36(42)8)39-14-12-38(13-15-39)44-46(56)45(47(44)57)41-17-16-40(30-35(41)7)55(43-19-11-34(6)29-37(43)9)23-27-65-51(61)53-21-25-63-49(59)32(3)4/h10-19,28-29,35H,1,3,20-27,30H2,2,4-9H3,(H2-,52,53,56,57,60,61)/p+2. The Labute approximate surface area is 380 Å². The number of alkyl carbamates (subject to hydrolysis) is 2. The molecule has 4 N–H and O–H groups in total. The van der Waals surface area contributed by atoms with Gasteiger partial charge >= 0.3 is 24.1 Å². The zero-order chi connectivity index (χ0) is 47.4. The van der Waals surface area contributed by atoms with E-state index in [9.17, 15) is 24.0 Å². The molecule has 0 saturated heterocycles. The van der Waals surface area contributed by atoms with Crippen molar-refractivity contribution < 1.29 is 52.6 Å². The van der Waals surface area contributed by atoms with Gasteiger partial charge in [0.1, 0.15) is 31.0 Å². The van der Waals surface area contributed by atoms with Crippen molar-refractivity contribution in [2.45, 2.75) is 54.9 Å². The number of anilines is 2. The molecule has 14 nitrogen and oxygen atoms in total. The Balaban J connectivity index is 1.31. The summed E-state index contributed by atoms with van der Waals surface area (Å²) in [5, 5.41) is 14.3. The molecule has 0 aliphatic heterocycles. The number of allylic oxidation sites excluding steroid dienone is 5. The molecule has 0 aromatic heterocycles. The van der Waals surface area contributed by atoms with E-state index in [1.165, 1.54) is 0 Å². The molecule has 14 heteroatoms. The van der Waals surface area contributed by atoms with Crippen molar-refractivity contribution in [3.8, 4) is 0 Å². The van der Waals surface area contributed by atoms with E-state index in [-0.39, 0.29) is 68.1 Å². The molecule has 2 aliphatic rings. The summed E-state index contributed by atoms with van der Waals surface area (Å²) in [7, 11) is 0. The van der Waals surface area contributed by atoms with E-state index in [1.54, 1.807) is 13.8 Å². The first-order valence-corrected chi connectivity index (χ1v) is 21.5. The summed E-state index contributed by atoms with van der Waals surface area (Å²) in [5.74, 6) is -1.14. The Morgan fingerprint density at radius 1 is 0.738 bits per heavy atom. The van der Waals surface area contributed by atoms with Crippen LogP contribution in [0.1, 0.15) is 55.0 Å². The van der Waals surface area contributed by atoms with Crippen molar-refractivity contribution in [1.29, 1.82) is 0 Å². The number of nitrogens with one attached hydrogen (secondary N) is 2. The predicted molar refractivity (Wildman–Crippen MR) is 251 cm³/mol. The van der Waals surface area contributed by atoms with Gasteiger partial charge in [-0.25, -0.2) is 19.2 Å². The van der Waals surface area contributed by atoms with Gasteiger partial charge in [0.25, 0.3) is 5.76 Å². The van der Waals surface area contributed by atoms with Gasteiger partial charge in [-0.15, -0.1) is 0 Å². The number of benzene rings is 3. The highest BCUT2D eigenvalue weighted by molar-refractivity contribution is 6.39. The summed E-state index contributed by atoms with van der Waals surface area (Å²) in [6, 6.07) is 19.7. The minimum atomic E-state index is -0.643. The summed E-state index contributed by atoms with van der Waals surface area (Å²) in [6.45, 7) is 21.3. The number of carbonyl (C=O) groups is 5. The van der Waals surface area contributed by atoms with Gasteiger partial charge in [0.2, 0.25) is 11.5 Å². The van der Waals surface area contributed by atoms with Crippen LogP contribution in [0.2, 0.25) is 0 Å². The van der Waals surface area contributed by atoms with Gasteiger partial charge in [0.05, 0.1) is 19.6 Å². The Hall–Kier alpha value is -7.22. The summed E-state index contributed by atoms with van der Waals surface area (Å²) < 4.78 is 23.1. The zero-order valence-electron chi connectivity index (χ0n) is 38.4. The molecule has 1 atom stereocenters. The second-order valence-corrected chi connectivity index (χ2v) is 16.2. The number of hydrogen-bond acceptors (Lipinski definition) is 10. The lowest BCUT2D eigenvalue weighted by atomic mass is 9.76. The van der Waals surface area contributed by atoms with Gasteiger partial charge < -0.3 is 39.6 Å². The molecule has 2 amide bonds. The third kappa shape index (κ3) is 12.7. The average molecular weight is 889 g/mol. The van der Waals surface area contributed by atoms with Crippen LogP contribution < -0.4 is 15.5 Å². The van der Waals surface area contributed by atoms with Crippen LogP contribution in [0.25, 0.3) is 5.57 Å². The van der Waals surface area contributed by atoms with Crippen LogP contribution in [0.3, 0.4) is 0 Å². The average Bonchev–Trinajstić information content (AvgIpc) is 3.25. The molecule has 0 bridgehead atoms. The fraction of sp³-hybridized carbons (Fsp3) is 0.333. The lowest BCUT2D eigenvalue weighted by Crippen LogP contribution is -2.31. The maximum Gasteiger partial charge on any atom is 0.407 e. The van der Waals surface area contributed by atoms with Gasteiger partial charge in [-0.05, 0) is 88.4 Å². The number of hydrogen-bond donors (Lipinski definition) is 2. The second-order valence-electron chi connectivity index (χ2n) is 16.2. The fourth-order valence-corrected chi connectivity index (χ4v) is 7.57. The molecule has 0 heterocycles. The highest BCUT2D eigenvalue weighted by Crippen LogP contribution is 2.42. The number of ketones is 1. The first kappa shape index (κ1) is 48.8. The Kier molecular flexibility index (Phi) is 16.8. The highest BCUT2D eigenvalue weighted by Gasteiger charge is 2.43. The van der Waals surface area contributed by atoms with Crippen molar-refractivity contribution in [2.24, 2.45) is 5.92 Å². The number of Topliss-reactive ketones (excluding diaryl/α,β-unsaturated/α-hetero) is 1. The lowest BCUT2D eigenvalue weighted by molar-refractivity contribution is -0.444. The van der Waals surface area contributed by atoms with E-state index in [2.05, 4.69) is 40.5 Å². The highest BCUT2D eigenvalue weighted by atomic mass is 16.6. The number of rotatable bonds is 18. The Morgan fingerprint density at radius 2 is 1.31 bits per heavy atom. The van der Waals surface area contributed by atoms with Crippen molar-refractivity contribution in [3.05, 3.63) is 142 Å². The van der Waals surface area contributed by atoms with E-state index >= 15 is 0 Å². The molecule has 0 fully saturated rings. The van der Waals surface area contributed by atoms with Crippen molar-refractivity contribution in [2.75, 3.05) is 57.5 Å². The van der Waals surface area contributed by atoms with Gasteiger partial charge in [0.15, 0.2) is 18.9 Å². The molecule has 1 unspecified atom stereocenters. The molecule has 3 aromatic rings. The molecule has 65 heavy (non-hydrogen) atoms. The van der Waals surface area contributed by atoms with Crippen LogP contribution in [0.4, 0.5) is 26.7 Å². The number of nitrogens with zero attached hydrogens (tertiary/aromatic N) is 2. The largest absolute Gasteiger partial charge is 0.592 e. The van der Waals surface area contributed by atoms with E-state index in [0.29, 0.717) is 36.2 Å². The third-order valence-corrected chi connectivity index (χ3v) is 10.8. The topological polar surface area (TPSA) is 175 Å². The van der Waals surface area contributed by atoms with Crippen LogP contribution in [-0.2, 0) is 33.3 Å². The number of aryl methyl sites for hydroxylation is 4. The maximum atomic E-state index is 13.9. The quantitative estimate of drug-likeness (QED) is 0.0326. The minimum absolute atomic E-state index is 0.00532. The van der Waals surface area contributed by atoms with E-state index in [4.69, 9.17) is 24.1 Å². The normalized spacial score (nSPS) is 16.2. The first-order chi connectivity index (χ1) is 31.0. The maximum absolute atomic E-state index is 13.9. The van der Waals surface area contributed by atoms with Crippen molar-refractivity contribution in [3.63, 3.8) is 0 Å². The summed E-state index contributed by atoms with van der Waals surface area (Å²) >= 11 is 0. The number of ether oxygens (including phenoxy) is 4. The monoisotopic (exact) mass is 888 g/mol. The smallest absolute Gasteiger partial charge is 0.407 e. The molecule has 342 valence electrons. The van der Waals surface area contributed by atoms with Crippen LogP contribution >= 0.6 is 0 Å². The fourth-order valence-electron chi connectivity index (χ4n) is 7.57. The SMILES string of the molecule is C=C(C)C(=O)OCCNC(=O)OCCN(c1ccc(C2=C([OH2+])/C(=C3/C=CC(=[N+](CCOC(=O)NCCOC(=O)C(=C)C)c4ccc(C)cc4C)CC3C)C2=O)cc1)c1ccc(C)cc1C. The van der Waals surface area contributed by atoms with E-state index in [0.717, 1.165) is 50.6 Å². The molecular weight excluding hydrogens is 829 g/mol. The van der Waals surface area contributed by atoms with Crippen LogP contribution in [0.5, 0.6) is 0 Å². The summed E-state index contributed by atoms with van der Waals surface area (Å²) in [6.07, 6.45) is 3.20. The molecule has 0 radical (unpaired) electrons. The van der Waals surface area contributed by atoms with Gasteiger partial charge in [-0.2, -0.15) is 4.58 Å². The molecule has 2 aliphatic carbocycles. The predicted octanol–water partition coefficient (Wildman–Crippen LogP) is 7.45. The Bertz CT molecular complexity index is 2490. The van der Waals surface area contributed by atoms with E-state index < -0.39 is 24.1 Å². The van der Waals surface area contributed by atoms with Gasteiger partial charge in [-0.1, -0.05) is 67.6 Å².